The highest BCUT2D eigenvalue weighted by Crippen LogP contribution is 2.36. The summed E-state index contributed by atoms with van der Waals surface area (Å²) in [5.41, 5.74) is 2.33. The SMILES string of the molecule is CCN(CC)c1ccc2c(C)c(C3Nc4ccc([N+](=O)[O-])cc4NC3=O)c(=O)oc2c1. The minimum atomic E-state index is -0.975. The molecule has 1 aliphatic heterocycles. The molecule has 4 rings (SSSR count). The number of fused-ring (bicyclic) bond motifs is 2. The number of carbonyl (C=O) groups excluding carboxylic acids is 1. The third kappa shape index (κ3) is 3.48. The molecule has 0 fully saturated rings. The van der Waals surface area contributed by atoms with E-state index in [9.17, 15) is 19.7 Å². The second-order valence-corrected chi connectivity index (χ2v) is 7.33. The Labute approximate surface area is 177 Å². The van der Waals surface area contributed by atoms with Crippen LogP contribution < -0.4 is 21.2 Å². The summed E-state index contributed by atoms with van der Waals surface area (Å²) < 4.78 is 5.60. The monoisotopic (exact) mass is 422 g/mol. The number of nitro groups is 1. The van der Waals surface area contributed by atoms with Gasteiger partial charge < -0.3 is 20.0 Å². The third-order valence-electron chi connectivity index (χ3n) is 5.65. The van der Waals surface area contributed by atoms with Crippen LogP contribution in [0.1, 0.15) is 31.0 Å². The maximum Gasteiger partial charge on any atom is 0.342 e. The Balaban J connectivity index is 1.77. The van der Waals surface area contributed by atoms with Crippen LogP contribution in [0.2, 0.25) is 0 Å². The van der Waals surface area contributed by atoms with Gasteiger partial charge in [-0.2, -0.15) is 0 Å². The Morgan fingerprint density at radius 1 is 1.10 bits per heavy atom. The van der Waals surface area contributed by atoms with Crippen LogP contribution in [0, 0.1) is 17.0 Å². The largest absolute Gasteiger partial charge is 0.422 e. The molecule has 1 unspecified atom stereocenters. The number of hydrogen-bond acceptors (Lipinski definition) is 7. The Kier molecular flexibility index (Phi) is 5.10. The molecule has 0 radical (unpaired) electrons. The number of non-ortho nitro benzene ring substituents is 1. The number of amides is 1. The predicted molar refractivity (Wildman–Crippen MR) is 119 cm³/mol. The second-order valence-electron chi connectivity index (χ2n) is 7.33. The average Bonchev–Trinajstić information content (AvgIpc) is 2.74. The van der Waals surface area contributed by atoms with Crippen LogP contribution in [0.25, 0.3) is 11.0 Å². The molecule has 31 heavy (non-hydrogen) atoms. The highest BCUT2D eigenvalue weighted by Gasteiger charge is 2.32. The molecule has 2 aromatic carbocycles. The van der Waals surface area contributed by atoms with Gasteiger partial charge in [-0.15, -0.1) is 0 Å². The number of hydrogen-bond donors (Lipinski definition) is 2. The van der Waals surface area contributed by atoms with E-state index in [4.69, 9.17) is 4.42 Å². The van der Waals surface area contributed by atoms with Crippen LogP contribution in [-0.2, 0) is 4.79 Å². The Hall–Kier alpha value is -3.88. The summed E-state index contributed by atoms with van der Waals surface area (Å²) >= 11 is 0. The van der Waals surface area contributed by atoms with Crippen molar-refractivity contribution in [3.63, 3.8) is 0 Å². The van der Waals surface area contributed by atoms with Gasteiger partial charge in [-0.1, -0.05) is 0 Å². The first-order valence-corrected chi connectivity index (χ1v) is 10.0. The molecule has 1 amide bonds. The van der Waals surface area contributed by atoms with Gasteiger partial charge in [0.05, 0.1) is 21.9 Å². The van der Waals surface area contributed by atoms with Gasteiger partial charge in [-0.3, -0.25) is 14.9 Å². The summed E-state index contributed by atoms with van der Waals surface area (Å²) in [6, 6.07) is 8.85. The lowest BCUT2D eigenvalue weighted by Gasteiger charge is -2.27. The fourth-order valence-electron chi connectivity index (χ4n) is 3.98. The molecule has 1 aromatic heterocycles. The van der Waals surface area contributed by atoms with Crippen LogP contribution in [0.15, 0.2) is 45.6 Å². The minimum Gasteiger partial charge on any atom is -0.422 e. The van der Waals surface area contributed by atoms with Crippen LogP contribution in [0.5, 0.6) is 0 Å². The predicted octanol–water partition coefficient (Wildman–Crippen LogP) is 3.96. The van der Waals surface area contributed by atoms with Crippen LogP contribution in [0.4, 0.5) is 22.7 Å². The topological polar surface area (TPSA) is 118 Å². The van der Waals surface area contributed by atoms with Crippen molar-refractivity contribution in [3.8, 4) is 0 Å². The Bertz CT molecular complexity index is 1260. The van der Waals surface area contributed by atoms with Gasteiger partial charge in [0, 0.05) is 42.4 Å². The van der Waals surface area contributed by atoms with Crippen molar-refractivity contribution in [2.75, 3.05) is 28.6 Å². The summed E-state index contributed by atoms with van der Waals surface area (Å²) in [7, 11) is 0. The number of nitrogens with one attached hydrogen (secondary N) is 2. The van der Waals surface area contributed by atoms with Gasteiger partial charge in [0.2, 0.25) is 0 Å². The maximum absolute atomic E-state index is 12.9. The van der Waals surface area contributed by atoms with E-state index >= 15 is 0 Å². The molecule has 9 heteroatoms. The molecule has 2 N–H and O–H groups in total. The molecule has 1 atom stereocenters. The normalized spacial score (nSPS) is 15.2. The van der Waals surface area contributed by atoms with Crippen molar-refractivity contribution in [2.24, 2.45) is 0 Å². The van der Waals surface area contributed by atoms with Crippen LogP contribution >= 0.6 is 0 Å². The first kappa shape index (κ1) is 20.4. The fourth-order valence-corrected chi connectivity index (χ4v) is 3.98. The summed E-state index contributed by atoms with van der Waals surface area (Å²) in [5, 5.41) is 17.4. The zero-order chi connectivity index (χ0) is 22.3. The molecule has 1 aliphatic rings. The highest BCUT2D eigenvalue weighted by atomic mass is 16.6. The van der Waals surface area contributed by atoms with E-state index in [2.05, 4.69) is 29.4 Å². The van der Waals surface area contributed by atoms with Gasteiger partial charge >= 0.3 is 5.63 Å². The number of anilines is 3. The average molecular weight is 422 g/mol. The molecule has 9 nitrogen and oxygen atoms in total. The Morgan fingerprint density at radius 2 is 1.84 bits per heavy atom. The first-order chi connectivity index (χ1) is 14.8. The lowest BCUT2D eigenvalue weighted by atomic mass is 9.97. The third-order valence-corrected chi connectivity index (χ3v) is 5.65. The first-order valence-electron chi connectivity index (χ1n) is 10.0. The van der Waals surface area contributed by atoms with Gasteiger partial charge in [0.15, 0.2) is 0 Å². The summed E-state index contributed by atoms with van der Waals surface area (Å²) in [5.74, 6) is -0.484. The van der Waals surface area contributed by atoms with Crippen molar-refractivity contribution in [1.29, 1.82) is 0 Å². The highest BCUT2D eigenvalue weighted by molar-refractivity contribution is 6.04. The molecular weight excluding hydrogens is 400 g/mol. The van der Waals surface area contributed by atoms with Crippen LogP contribution in [-0.4, -0.2) is 23.9 Å². The van der Waals surface area contributed by atoms with Crippen LogP contribution in [0.3, 0.4) is 0 Å². The number of benzene rings is 2. The lowest BCUT2D eigenvalue weighted by molar-refractivity contribution is -0.384. The van der Waals surface area contributed by atoms with Gasteiger partial charge in [0.25, 0.3) is 11.6 Å². The number of rotatable bonds is 5. The van der Waals surface area contributed by atoms with Crippen molar-refractivity contribution >= 4 is 39.6 Å². The molecule has 3 aromatic rings. The number of nitro benzene ring substituents is 1. The molecule has 0 spiro atoms. The van der Waals surface area contributed by atoms with Gasteiger partial charge in [0.1, 0.15) is 11.6 Å². The van der Waals surface area contributed by atoms with E-state index in [1.54, 1.807) is 6.92 Å². The zero-order valence-electron chi connectivity index (χ0n) is 17.4. The molecule has 0 saturated heterocycles. The van der Waals surface area contributed by atoms with Gasteiger partial charge in [-0.05, 0) is 44.5 Å². The maximum atomic E-state index is 12.9. The lowest BCUT2D eigenvalue weighted by Crippen LogP contribution is -2.35. The van der Waals surface area contributed by atoms with E-state index in [0.717, 1.165) is 24.2 Å². The number of nitrogens with zero attached hydrogens (tertiary/aromatic N) is 2. The Morgan fingerprint density at radius 3 is 2.52 bits per heavy atom. The van der Waals surface area contributed by atoms with E-state index in [1.807, 2.05) is 18.2 Å². The van der Waals surface area contributed by atoms with Crippen molar-refractivity contribution in [2.45, 2.75) is 26.8 Å². The molecule has 0 saturated carbocycles. The summed E-state index contributed by atoms with van der Waals surface area (Å²) in [4.78, 5) is 38.3. The molecular formula is C22H22N4O5. The second kappa shape index (κ2) is 7.75. The molecule has 0 aliphatic carbocycles. The molecule has 160 valence electrons. The fraction of sp³-hybridized carbons (Fsp3) is 0.273. The van der Waals surface area contributed by atoms with Crippen molar-refractivity contribution in [3.05, 3.63) is 68.1 Å². The molecule has 2 heterocycles. The summed E-state index contributed by atoms with van der Waals surface area (Å²) in [6.45, 7) is 7.54. The minimum absolute atomic E-state index is 0.135. The van der Waals surface area contributed by atoms with E-state index in [1.165, 1.54) is 18.2 Å². The number of carbonyl (C=O) groups is 1. The standard InChI is InChI=1S/C22H22N4O5/c1-4-25(5-2)13-6-8-15-12(3)19(22(28)31-18(15)11-13)20-21(27)24-17-10-14(26(29)30)7-9-16(17)23-20/h6-11,20,23H,4-5H2,1-3H3,(H,24,27). The quantitative estimate of drug-likeness (QED) is 0.363. The zero-order valence-corrected chi connectivity index (χ0v) is 17.4. The van der Waals surface area contributed by atoms with Crippen molar-refractivity contribution in [1.82, 2.24) is 0 Å². The molecule has 0 bridgehead atoms. The van der Waals surface area contributed by atoms with E-state index in [0.29, 0.717) is 22.5 Å². The van der Waals surface area contributed by atoms with Crippen molar-refractivity contribution < 1.29 is 14.1 Å². The number of aryl methyl sites for hydroxylation is 1. The van der Waals surface area contributed by atoms with E-state index < -0.39 is 22.5 Å². The smallest absolute Gasteiger partial charge is 0.342 e. The summed E-state index contributed by atoms with van der Waals surface area (Å²) in [6.07, 6.45) is 0. The van der Waals surface area contributed by atoms with E-state index in [-0.39, 0.29) is 11.3 Å². The van der Waals surface area contributed by atoms with Gasteiger partial charge in [-0.25, -0.2) is 4.79 Å².